The minimum atomic E-state index is -2.68. The first-order valence-corrected chi connectivity index (χ1v) is 6.62. The van der Waals surface area contributed by atoms with Crippen molar-refractivity contribution in [3.8, 4) is 0 Å². The van der Waals surface area contributed by atoms with Gasteiger partial charge in [-0.1, -0.05) is 24.3 Å². The van der Waals surface area contributed by atoms with Crippen LogP contribution in [0.1, 0.15) is 28.2 Å². The van der Waals surface area contributed by atoms with Gasteiger partial charge in [-0.25, -0.2) is 18.6 Å². The predicted molar refractivity (Wildman–Crippen MR) is 77.2 cm³/mol. The summed E-state index contributed by atoms with van der Waals surface area (Å²) in [5.41, 5.74) is 2.03. The van der Waals surface area contributed by atoms with Gasteiger partial charge in [-0.15, -0.1) is 0 Å². The molecule has 0 fully saturated rings. The first-order valence-electron chi connectivity index (χ1n) is 6.62. The van der Waals surface area contributed by atoms with E-state index in [9.17, 15) is 13.6 Å². The fourth-order valence-corrected chi connectivity index (χ4v) is 2.36. The molecule has 0 saturated carbocycles. The van der Waals surface area contributed by atoms with E-state index >= 15 is 0 Å². The Kier molecular flexibility index (Phi) is 3.58. The number of benzene rings is 2. The number of halogens is 2. The highest BCUT2D eigenvalue weighted by atomic mass is 19.3. The van der Waals surface area contributed by atoms with Crippen molar-refractivity contribution in [2.45, 2.75) is 13.0 Å². The Labute approximate surface area is 124 Å². The van der Waals surface area contributed by atoms with Crippen molar-refractivity contribution in [2.24, 2.45) is 0 Å². The maximum Gasteiger partial charge on any atom is 0.335 e. The van der Waals surface area contributed by atoms with Crippen LogP contribution in [0, 0.1) is 0 Å². The number of fused-ring (bicyclic) bond motifs is 1. The second-order valence-corrected chi connectivity index (χ2v) is 4.85. The zero-order chi connectivity index (χ0) is 15.7. The van der Waals surface area contributed by atoms with Crippen LogP contribution in [0.3, 0.4) is 0 Å². The van der Waals surface area contributed by atoms with Gasteiger partial charge in [0.2, 0.25) is 0 Å². The lowest BCUT2D eigenvalue weighted by atomic mass is 10.1. The molecular formula is C16H12F2N2O2. The van der Waals surface area contributed by atoms with E-state index in [2.05, 4.69) is 4.98 Å². The molecule has 1 N–H and O–H groups in total. The molecule has 0 aliphatic heterocycles. The summed E-state index contributed by atoms with van der Waals surface area (Å²) >= 11 is 0. The van der Waals surface area contributed by atoms with Crippen molar-refractivity contribution < 1.29 is 18.7 Å². The molecule has 4 nitrogen and oxygen atoms in total. The van der Waals surface area contributed by atoms with Gasteiger partial charge in [0.25, 0.3) is 6.43 Å². The minimum Gasteiger partial charge on any atom is -0.478 e. The van der Waals surface area contributed by atoms with Crippen LogP contribution >= 0.6 is 0 Å². The third-order valence-electron chi connectivity index (χ3n) is 3.42. The molecule has 0 bridgehead atoms. The Morgan fingerprint density at radius 3 is 2.45 bits per heavy atom. The van der Waals surface area contributed by atoms with Crippen molar-refractivity contribution in [1.29, 1.82) is 0 Å². The number of imidazole rings is 1. The normalized spacial score (nSPS) is 11.2. The van der Waals surface area contributed by atoms with Crippen LogP contribution in [0.25, 0.3) is 11.0 Å². The van der Waals surface area contributed by atoms with Gasteiger partial charge in [0.1, 0.15) is 0 Å². The number of alkyl halides is 2. The molecule has 1 aromatic heterocycles. The van der Waals surface area contributed by atoms with Crippen LogP contribution in [-0.4, -0.2) is 20.6 Å². The Balaban J connectivity index is 2.02. The van der Waals surface area contributed by atoms with E-state index in [1.54, 1.807) is 36.4 Å². The number of para-hydroxylation sites is 2. The van der Waals surface area contributed by atoms with Crippen molar-refractivity contribution in [3.63, 3.8) is 0 Å². The lowest BCUT2D eigenvalue weighted by Gasteiger charge is -2.09. The lowest BCUT2D eigenvalue weighted by Crippen LogP contribution is -2.06. The SMILES string of the molecule is O=C(O)c1ccc(Cn2c(C(F)F)nc3ccccc32)cc1. The number of aromatic carboxylic acids is 1. The summed E-state index contributed by atoms with van der Waals surface area (Å²) in [6.45, 7) is 0.208. The van der Waals surface area contributed by atoms with Crippen molar-refractivity contribution in [1.82, 2.24) is 9.55 Å². The largest absolute Gasteiger partial charge is 0.478 e. The molecular weight excluding hydrogens is 290 g/mol. The van der Waals surface area contributed by atoms with Gasteiger partial charge in [0.15, 0.2) is 5.82 Å². The average Bonchev–Trinajstić information content (AvgIpc) is 2.87. The summed E-state index contributed by atoms with van der Waals surface area (Å²) in [5.74, 6) is -1.31. The molecule has 0 saturated heterocycles. The zero-order valence-corrected chi connectivity index (χ0v) is 11.4. The third kappa shape index (κ3) is 2.55. The molecule has 0 spiro atoms. The summed E-state index contributed by atoms with van der Waals surface area (Å²) in [4.78, 5) is 14.8. The molecule has 0 aliphatic carbocycles. The molecule has 0 unspecified atom stereocenters. The van der Waals surface area contributed by atoms with Crippen LogP contribution in [-0.2, 0) is 6.54 Å². The van der Waals surface area contributed by atoms with E-state index in [4.69, 9.17) is 5.11 Å². The molecule has 0 radical (unpaired) electrons. The van der Waals surface area contributed by atoms with Crippen molar-refractivity contribution >= 4 is 17.0 Å². The number of carboxylic acid groups (broad SMARTS) is 1. The van der Waals surface area contributed by atoms with Gasteiger partial charge in [-0.2, -0.15) is 0 Å². The smallest absolute Gasteiger partial charge is 0.335 e. The number of carboxylic acids is 1. The molecule has 2 aromatic carbocycles. The molecule has 3 aromatic rings. The van der Waals surface area contributed by atoms with E-state index in [0.29, 0.717) is 11.0 Å². The van der Waals surface area contributed by atoms with E-state index in [1.165, 1.54) is 16.7 Å². The lowest BCUT2D eigenvalue weighted by molar-refractivity contribution is 0.0697. The summed E-state index contributed by atoms with van der Waals surface area (Å²) in [6, 6.07) is 13.1. The Bertz CT molecular complexity index is 826. The average molecular weight is 302 g/mol. The number of hydrogen-bond acceptors (Lipinski definition) is 2. The standard InChI is InChI=1S/C16H12F2N2O2/c17-14(18)15-19-12-3-1-2-4-13(12)20(15)9-10-5-7-11(8-6-10)16(21)22/h1-8,14H,9H2,(H,21,22). The summed E-state index contributed by atoms with van der Waals surface area (Å²) < 4.78 is 27.8. The monoisotopic (exact) mass is 302 g/mol. The number of carbonyl (C=O) groups is 1. The molecule has 0 aliphatic rings. The summed E-state index contributed by atoms with van der Waals surface area (Å²) in [6.07, 6.45) is -2.68. The molecule has 0 atom stereocenters. The maximum absolute atomic E-state index is 13.2. The Morgan fingerprint density at radius 2 is 1.82 bits per heavy atom. The summed E-state index contributed by atoms with van der Waals surface area (Å²) in [7, 11) is 0. The quantitative estimate of drug-likeness (QED) is 0.799. The Morgan fingerprint density at radius 1 is 1.14 bits per heavy atom. The zero-order valence-electron chi connectivity index (χ0n) is 11.4. The van der Waals surface area contributed by atoms with Crippen molar-refractivity contribution in [2.75, 3.05) is 0 Å². The van der Waals surface area contributed by atoms with Crippen molar-refractivity contribution in [3.05, 3.63) is 65.5 Å². The topological polar surface area (TPSA) is 55.1 Å². The second kappa shape index (κ2) is 5.55. The van der Waals surface area contributed by atoms with E-state index < -0.39 is 12.4 Å². The Hall–Kier alpha value is -2.76. The first kappa shape index (κ1) is 14.2. The highest BCUT2D eigenvalue weighted by molar-refractivity contribution is 5.87. The highest BCUT2D eigenvalue weighted by Crippen LogP contribution is 2.25. The highest BCUT2D eigenvalue weighted by Gasteiger charge is 2.18. The van der Waals surface area contributed by atoms with Crippen LogP contribution in [0.4, 0.5) is 8.78 Å². The van der Waals surface area contributed by atoms with Gasteiger partial charge in [0.05, 0.1) is 16.6 Å². The second-order valence-electron chi connectivity index (χ2n) is 4.85. The van der Waals surface area contributed by atoms with Gasteiger partial charge in [0, 0.05) is 6.54 Å². The fourth-order valence-electron chi connectivity index (χ4n) is 2.36. The molecule has 6 heteroatoms. The van der Waals surface area contributed by atoms with Gasteiger partial charge in [-0.05, 0) is 29.8 Å². The van der Waals surface area contributed by atoms with Gasteiger partial charge < -0.3 is 9.67 Å². The van der Waals surface area contributed by atoms with Crippen LogP contribution in [0.15, 0.2) is 48.5 Å². The van der Waals surface area contributed by atoms with Gasteiger partial charge >= 0.3 is 5.97 Å². The van der Waals surface area contributed by atoms with Crippen LogP contribution in [0.5, 0.6) is 0 Å². The first-order chi connectivity index (χ1) is 10.6. The number of rotatable bonds is 4. The molecule has 0 amide bonds. The predicted octanol–water partition coefficient (Wildman–Crippen LogP) is 3.72. The molecule has 22 heavy (non-hydrogen) atoms. The van der Waals surface area contributed by atoms with E-state index in [0.717, 1.165) is 5.56 Å². The van der Waals surface area contributed by atoms with E-state index in [-0.39, 0.29) is 17.9 Å². The molecule has 3 rings (SSSR count). The summed E-state index contributed by atoms with van der Waals surface area (Å²) in [5, 5.41) is 8.88. The third-order valence-corrected chi connectivity index (χ3v) is 3.42. The van der Waals surface area contributed by atoms with Gasteiger partial charge in [-0.3, -0.25) is 0 Å². The molecule has 112 valence electrons. The maximum atomic E-state index is 13.2. The molecule has 1 heterocycles. The fraction of sp³-hybridized carbons (Fsp3) is 0.125. The number of hydrogen-bond donors (Lipinski definition) is 1. The van der Waals surface area contributed by atoms with Crippen LogP contribution in [0.2, 0.25) is 0 Å². The van der Waals surface area contributed by atoms with Crippen LogP contribution < -0.4 is 0 Å². The number of aromatic nitrogens is 2. The minimum absolute atomic E-state index is 0.160. The van der Waals surface area contributed by atoms with E-state index in [1.807, 2.05) is 0 Å². The number of nitrogens with zero attached hydrogens (tertiary/aromatic N) is 2.